The average Bonchev–Trinajstić information content (AvgIpc) is 3.07. The van der Waals surface area contributed by atoms with Crippen LogP contribution in [-0.2, 0) is 47.9 Å². The van der Waals surface area contributed by atoms with Gasteiger partial charge in [0, 0.05) is 24.5 Å². The molecule has 1 saturated heterocycles. The quantitative estimate of drug-likeness (QED) is 0.0424. The molecule has 0 aromatic heterocycles. The number of aliphatic carboxylic acids is 2. The Bertz CT molecular complexity index is 1440. The molecular weight excluding hydrogens is 759 g/mol. The maximum absolute atomic E-state index is 13.3. The lowest BCUT2D eigenvalue weighted by atomic mass is 10.0. The average molecular weight is 806 g/mol. The second kappa shape index (κ2) is 24.1. The maximum atomic E-state index is 13.3. The van der Waals surface area contributed by atoms with Crippen molar-refractivity contribution in [3.05, 3.63) is 0 Å². The molecule has 0 radical (unpaired) electrons. The van der Waals surface area contributed by atoms with E-state index in [4.69, 9.17) is 17.2 Å². The van der Waals surface area contributed by atoms with Gasteiger partial charge in [0.1, 0.15) is 30.2 Å². The number of carbonyl (C=O) groups excluding carboxylic acids is 8. The Hall–Kier alpha value is -5.33. The number of nitrogens with one attached hydrogen (secondary N) is 7. The molecular formula is C29H47N11O12S2. The molecule has 0 aromatic rings. The van der Waals surface area contributed by atoms with Crippen molar-refractivity contribution in [2.75, 3.05) is 31.1 Å². The molecule has 1 rings (SSSR count). The van der Waals surface area contributed by atoms with Crippen molar-refractivity contribution in [1.29, 1.82) is 0 Å². The largest absolute Gasteiger partial charge is 0.481 e. The maximum Gasteiger partial charge on any atom is 0.305 e. The van der Waals surface area contributed by atoms with Crippen LogP contribution in [0.15, 0.2) is 4.99 Å². The molecule has 302 valence electrons. The minimum Gasteiger partial charge on any atom is -0.481 e. The summed E-state index contributed by atoms with van der Waals surface area (Å²) < 4.78 is 0. The fourth-order valence-electron chi connectivity index (χ4n) is 4.42. The first-order valence-electron chi connectivity index (χ1n) is 16.4. The van der Waals surface area contributed by atoms with Gasteiger partial charge in [0.25, 0.3) is 0 Å². The van der Waals surface area contributed by atoms with Crippen LogP contribution in [0.3, 0.4) is 0 Å². The Balaban J connectivity index is 3.40. The number of amides is 8. The number of hydrogen-bond donors (Lipinski definition) is 12. The highest BCUT2D eigenvalue weighted by molar-refractivity contribution is 8.76. The van der Waals surface area contributed by atoms with Gasteiger partial charge in [0.2, 0.25) is 47.3 Å². The minimum absolute atomic E-state index is 0.0285. The topological polar surface area (TPSA) is 386 Å². The smallest absolute Gasteiger partial charge is 0.305 e. The van der Waals surface area contributed by atoms with Gasteiger partial charge in [-0.15, -0.1) is 0 Å². The Morgan fingerprint density at radius 2 is 1.28 bits per heavy atom. The Morgan fingerprint density at radius 3 is 1.83 bits per heavy atom. The molecule has 1 aliphatic rings. The molecule has 25 heteroatoms. The zero-order valence-electron chi connectivity index (χ0n) is 29.5. The van der Waals surface area contributed by atoms with Gasteiger partial charge in [0.05, 0.1) is 25.9 Å². The van der Waals surface area contributed by atoms with E-state index < -0.39 is 121 Å². The van der Waals surface area contributed by atoms with Crippen LogP contribution < -0.4 is 54.4 Å². The van der Waals surface area contributed by atoms with Crippen molar-refractivity contribution in [2.24, 2.45) is 28.1 Å². The third kappa shape index (κ3) is 19.0. The van der Waals surface area contributed by atoms with E-state index in [9.17, 15) is 58.2 Å². The molecule has 1 aliphatic heterocycles. The highest BCUT2D eigenvalue weighted by Gasteiger charge is 2.34. The number of nitrogens with zero attached hydrogens (tertiary/aromatic N) is 1. The molecule has 5 unspecified atom stereocenters. The molecule has 0 saturated carbocycles. The van der Waals surface area contributed by atoms with Gasteiger partial charge in [-0.2, -0.15) is 0 Å². The van der Waals surface area contributed by atoms with Gasteiger partial charge < -0.3 is 64.6 Å². The second-order valence-electron chi connectivity index (χ2n) is 12.0. The molecule has 15 N–H and O–H groups in total. The van der Waals surface area contributed by atoms with Crippen LogP contribution in [-0.4, -0.2) is 137 Å². The monoisotopic (exact) mass is 805 g/mol. The lowest BCUT2D eigenvalue weighted by Gasteiger charge is -2.27. The van der Waals surface area contributed by atoms with Crippen molar-refractivity contribution in [1.82, 2.24) is 37.2 Å². The van der Waals surface area contributed by atoms with Crippen molar-refractivity contribution >= 4 is 86.7 Å². The Labute approximate surface area is 317 Å². The number of nitrogens with two attached hydrogens (primary N) is 3. The summed E-state index contributed by atoms with van der Waals surface area (Å²) in [7, 11) is 2.25. The molecule has 0 spiro atoms. The van der Waals surface area contributed by atoms with E-state index in [-0.39, 0.29) is 43.3 Å². The Morgan fingerprint density at radius 1 is 0.722 bits per heavy atom. The number of carbonyl (C=O) groups is 10. The number of hydrogen-bond acceptors (Lipinski definition) is 13. The Kier molecular flexibility index (Phi) is 20.8. The fraction of sp³-hybridized carbons (Fsp3) is 0.621. The van der Waals surface area contributed by atoms with Gasteiger partial charge >= 0.3 is 11.9 Å². The number of carboxylic acids is 2. The molecule has 1 fully saturated rings. The van der Waals surface area contributed by atoms with Gasteiger partial charge in [-0.25, -0.2) is 0 Å². The predicted molar refractivity (Wildman–Crippen MR) is 194 cm³/mol. The van der Waals surface area contributed by atoms with Gasteiger partial charge in [-0.1, -0.05) is 35.4 Å². The summed E-state index contributed by atoms with van der Waals surface area (Å²) in [5.74, 6) is -11.4. The van der Waals surface area contributed by atoms with Crippen LogP contribution in [0.25, 0.3) is 0 Å². The number of carboxylic acid groups (broad SMARTS) is 2. The normalized spacial score (nSPS) is 23.6. The highest BCUT2D eigenvalue weighted by atomic mass is 33.1. The van der Waals surface area contributed by atoms with Crippen molar-refractivity contribution < 1.29 is 58.2 Å². The first-order valence-corrected chi connectivity index (χ1v) is 18.9. The molecule has 0 bridgehead atoms. The number of aliphatic imine (C=N–C) groups is 1. The van der Waals surface area contributed by atoms with Gasteiger partial charge in [-0.05, 0) is 18.8 Å². The number of rotatable bonds is 10. The lowest BCUT2D eigenvalue weighted by molar-refractivity contribution is -0.143. The summed E-state index contributed by atoms with van der Waals surface area (Å²) in [6.07, 6.45) is -1.97. The van der Waals surface area contributed by atoms with Crippen LogP contribution in [0.4, 0.5) is 0 Å². The summed E-state index contributed by atoms with van der Waals surface area (Å²) in [5, 5.41) is 34.8. The van der Waals surface area contributed by atoms with E-state index in [0.717, 1.165) is 21.6 Å². The van der Waals surface area contributed by atoms with Crippen LogP contribution in [0.5, 0.6) is 0 Å². The number of primary amides is 1. The summed E-state index contributed by atoms with van der Waals surface area (Å²) in [6.45, 7) is 1.78. The van der Waals surface area contributed by atoms with Crippen molar-refractivity contribution in [3.8, 4) is 0 Å². The third-order valence-corrected chi connectivity index (χ3v) is 9.56. The summed E-state index contributed by atoms with van der Waals surface area (Å²) >= 11 is 0. The van der Waals surface area contributed by atoms with Crippen LogP contribution in [0, 0.1) is 5.92 Å². The molecule has 8 amide bonds. The molecule has 1 heterocycles. The molecule has 0 aliphatic carbocycles. The summed E-state index contributed by atoms with van der Waals surface area (Å²) in [5.41, 5.74) is 16.1. The van der Waals surface area contributed by atoms with Crippen molar-refractivity contribution in [3.63, 3.8) is 0 Å². The summed E-state index contributed by atoms with van der Waals surface area (Å²) in [6, 6.07) is -7.65. The first kappa shape index (κ1) is 46.7. The standard InChI is InChI=1S/C29H47N11O12S2/c1-13(2)23-28(52)39-17(24(30)48)12-54-53-7-5-18(41)34-10-19(42)36-14(4-3-6-33-29(31)32)25(49)35-11-20(43)37-15(8-21(44)45)26(50)38-16(9-22(46)47)27(51)40-23/h13-17,23H,3-12H2,1-2H3,(H2,30,48)(H,34,41)(H,35,49)(H,36,42)(H,37,43)(H,38,50)(H,39,52)(H,40,51)(H,44,45)(H,46,47)(H4,31,32,33). The first-order chi connectivity index (χ1) is 25.3. The molecule has 0 aromatic carbocycles. The third-order valence-electron chi connectivity index (χ3n) is 7.15. The zero-order chi connectivity index (χ0) is 41.0. The van der Waals surface area contributed by atoms with Crippen LogP contribution >= 0.6 is 21.6 Å². The number of guanidine groups is 1. The van der Waals surface area contributed by atoms with Crippen molar-refractivity contribution in [2.45, 2.75) is 76.2 Å². The van der Waals surface area contributed by atoms with E-state index in [1.54, 1.807) is 0 Å². The fourth-order valence-corrected chi connectivity index (χ4v) is 6.58. The molecule has 23 nitrogen and oxygen atoms in total. The van der Waals surface area contributed by atoms with Gasteiger partial charge in [-0.3, -0.25) is 52.9 Å². The predicted octanol–water partition coefficient (Wildman–Crippen LogP) is -5.43. The van der Waals surface area contributed by atoms with Crippen LogP contribution in [0.1, 0.15) is 46.0 Å². The highest BCUT2D eigenvalue weighted by Crippen LogP contribution is 2.23. The van der Waals surface area contributed by atoms with E-state index in [2.05, 4.69) is 42.2 Å². The van der Waals surface area contributed by atoms with E-state index in [1.165, 1.54) is 13.8 Å². The second-order valence-corrected chi connectivity index (χ2v) is 14.6. The summed E-state index contributed by atoms with van der Waals surface area (Å²) in [4.78, 5) is 130. The van der Waals surface area contributed by atoms with E-state index in [1.807, 2.05) is 0 Å². The molecule has 54 heavy (non-hydrogen) atoms. The van der Waals surface area contributed by atoms with Gasteiger partial charge in [0.15, 0.2) is 5.96 Å². The van der Waals surface area contributed by atoms with Crippen LogP contribution in [0.2, 0.25) is 0 Å². The lowest BCUT2D eigenvalue weighted by Crippen LogP contribution is -2.60. The zero-order valence-corrected chi connectivity index (χ0v) is 31.1. The molecule has 5 atom stereocenters. The minimum atomic E-state index is -1.89. The van der Waals surface area contributed by atoms with E-state index >= 15 is 0 Å². The SMILES string of the molecule is CC(C)C1NC(=O)C(CC(=O)O)NC(=O)C(CC(=O)O)NC(=O)CNC(=O)C(CCCN=C(N)N)NC(=O)CNC(=O)CCSSCC(C(N)=O)NC1=O. The van der Waals surface area contributed by atoms with E-state index in [0.29, 0.717) is 0 Å².